The summed E-state index contributed by atoms with van der Waals surface area (Å²) in [6.07, 6.45) is 3.73. The normalized spacial score (nSPS) is 17.3. The number of rotatable bonds is 6. The summed E-state index contributed by atoms with van der Waals surface area (Å²) in [5.74, 6) is -0.309. The zero-order chi connectivity index (χ0) is 19.0. The lowest BCUT2D eigenvalue weighted by Gasteiger charge is -2.30. The highest BCUT2D eigenvalue weighted by molar-refractivity contribution is 5.98. The van der Waals surface area contributed by atoms with Crippen molar-refractivity contribution in [2.75, 3.05) is 5.32 Å². The number of nitrogens with zero attached hydrogens (tertiary/aromatic N) is 1. The molecular weight excluding hydrogens is 343 g/mol. The Hall–Kier alpha value is -2.69. The van der Waals surface area contributed by atoms with E-state index in [1.807, 2.05) is 6.92 Å². The lowest BCUT2D eigenvalue weighted by atomic mass is 10.0. The van der Waals surface area contributed by atoms with E-state index in [1.54, 1.807) is 47.4 Å². The van der Waals surface area contributed by atoms with Crippen LogP contribution in [0.1, 0.15) is 54.6 Å². The average Bonchev–Trinajstić information content (AvgIpc) is 3.55. The molecule has 1 N–H and O–H groups in total. The minimum Gasteiger partial charge on any atom is -0.329 e. The molecule has 2 aliphatic rings. The molecule has 0 radical (unpaired) electrons. The maximum atomic E-state index is 14.3. The molecule has 1 atom stereocenters. The fourth-order valence-corrected chi connectivity index (χ4v) is 3.44. The third-order valence-corrected chi connectivity index (χ3v) is 5.27. The van der Waals surface area contributed by atoms with Gasteiger partial charge in [0.15, 0.2) is 0 Å². The Kier molecular flexibility index (Phi) is 4.68. The fraction of sp³-hybridized carbons (Fsp3) is 0.364. The topological polar surface area (TPSA) is 49.4 Å². The van der Waals surface area contributed by atoms with Gasteiger partial charge in [-0.05, 0) is 56.9 Å². The second kappa shape index (κ2) is 7.14. The smallest absolute Gasteiger partial charge is 0.254 e. The summed E-state index contributed by atoms with van der Waals surface area (Å²) in [6.45, 7) is 1.87. The number of hydrogen-bond donors (Lipinski definition) is 1. The van der Waals surface area contributed by atoms with Gasteiger partial charge in [0.1, 0.15) is 5.82 Å². The average molecular weight is 366 g/mol. The largest absolute Gasteiger partial charge is 0.329 e. The van der Waals surface area contributed by atoms with Gasteiger partial charge in [0.2, 0.25) is 5.91 Å². The van der Waals surface area contributed by atoms with Gasteiger partial charge in [-0.3, -0.25) is 9.59 Å². The van der Waals surface area contributed by atoms with Crippen LogP contribution >= 0.6 is 0 Å². The fourth-order valence-electron chi connectivity index (χ4n) is 3.44. The molecule has 0 spiro atoms. The minimum atomic E-state index is -0.351. The number of anilines is 1. The number of carbonyl (C=O) groups is 2. The predicted molar refractivity (Wildman–Crippen MR) is 102 cm³/mol. The Balaban J connectivity index is 1.57. The maximum Gasteiger partial charge on any atom is 0.254 e. The van der Waals surface area contributed by atoms with Crippen LogP contribution in [0.25, 0.3) is 0 Å². The van der Waals surface area contributed by atoms with E-state index in [2.05, 4.69) is 5.32 Å². The first kappa shape index (κ1) is 17.7. The third-order valence-electron chi connectivity index (χ3n) is 5.27. The van der Waals surface area contributed by atoms with Gasteiger partial charge in [-0.1, -0.05) is 24.3 Å². The molecule has 2 saturated carbocycles. The first-order valence-electron chi connectivity index (χ1n) is 9.52. The molecule has 0 aromatic heterocycles. The van der Waals surface area contributed by atoms with E-state index in [9.17, 15) is 14.0 Å². The van der Waals surface area contributed by atoms with Crippen molar-refractivity contribution in [3.63, 3.8) is 0 Å². The van der Waals surface area contributed by atoms with E-state index in [-0.39, 0.29) is 35.6 Å². The Morgan fingerprint density at radius 2 is 1.81 bits per heavy atom. The van der Waals surface area contributed by atoms with Gasteiger partial charge in [-0.25, -0.2) is 4.39 Å². The summed E-state index contributed by atoms with van der Waals surface area (Å²) in [5.41, 5.74) is 1.67. The van der Waals surface area contributed by atoms with Crippen LogP contribution in [-0.2, 0) is 4.79 Å². The van der Waals surface area contributed by atoms with E-state index in [0.29, 0.717) is 16.8 Å². The van der Waals surface area contributed by atoms with Crippen molar-refractivity contribution in [2.24, 2.45) is 5.92 Å². The van der Waals surface area contributed by atoms with Gasteiger partial charge in [-0.2, -0.15) is 0 Å². The summed E-state index contributed by atoms with van der Waals surface area (Å²) in [4.78, 5) is 27.0. The molecule has 4 rings (SSSR count). The van der Waals surface area contributed by atoms with Gasteiger partial charge >= 0.3 is 0 Å². The SMILES string of the molecule is CC(c1ccccc1F)N(C(=O)c1cccc(NC(=O)C2CC2)c1)C1CC1. The lowest BCUT2D eigenvalue weighted by molar-refractivity contribution is -0.117. The highest BCUT2D eigenvalue weighted by Crippen LogP contribution is 2.36. The van der Waals surface area contributed by atoms with E-state index >= 15 is 0 Å². The molecule has 0 aliphatic heterocycles. The van der Waals surface area contributed by atoms with E-state index in [4.69, 9.17) is 0 Å². The number of halogens is 1. The van der Waals surface area contributed by atoms with Crippen LogP contribution in [0.3, 0.4) is 0 Å². The molecule has 140 valence electrons. The van der Waals surface area contributed by atoms with E-state index in [0.717, 1.165) is 25.7 Å². The number of nitrogens with one attached hydrogen (secondary N) is 1. The van der Waals surface area contributed by atoms with Crippen molar-refractivity contribution in [1.82, 2.24) is 4.90 Å². The van der Waals surface area contributed by atoms with Gasteiger partial charge in [0.25, 0.3) is 5.91 Å². The summed E-state index contributed by atoms with van der Waals surface area (Å²) >= 11 is 0. The van der Waals surface area contributed by atoms with Crippen LogP contribution in [0, 0.1) is 11.7 Å². The summed E-state index contributed by atoms with van der Waals surface area (Å²) in [5, 5.41) is 2.88. The Bertz CT molecular complexity index is 874. The van der Waals surface area contributed by atoms with Crippen molar-refractivity contribution >= 4 is 17.5 Å². The van der Waals surface area contributed by atoms with Gasteiger partial charge < -0.3 is 10.2 Å². The molecule has 1 unspecified atom stereocenters. The van der Waals surface area contributed by atoms with Crippen molar-refractivity contribution in [3.05, 3.63) is 65.5 Å². The monoisotopic (exact) mass is 366 g/mol. The predicted octanol–water partition coefficient (Wildman–Crippen LogP) is 4.54. The molecular formula is C22H23FN2O2. The Morgan fingerprint density at radius 3 is 2.48 bits per heavy atom. The zero-order valence-electron chi connectivity index (χ0n) is 15.3. The maximum absolute atomic E-state index is 14.3. The molecule has 2 fully saturated rings. The second-order valence-corrected chi connectivity index (χ2v) is 7.49. The second-order valence-electron chi connectivity index (χ2n) is 7.49. The molecule has 4 nitrogen and oxygen atoms in total. The molecule has 2 aromatic rings. The summed E-state index contributed by atoms with van der Waals surface area (Å²) in [7, 11) is 0. The lowest BCUT2D eigenvalue weighted by Crippen LogP contribution is -2.36. The van der Waals surface area contributed by atoms with E-state index < -0.39 is 0 Å². The molecule has 0 heterocycles. The summed E-state index contributed by atoms with van der Waals surface area (Å²) < 4.78 is 14.3. The van der Waals surface area contributed by atoms with E-state index in [1.165, 1.54) is 6.07 Å². The number of hydrogen-bond acceptors (Lipinski definition) is 2. The van der Waals surface area contributed by atoms with Crippen molar-refractivity contribution in [3.8, 4) is 0 Å². The summed E-state index contributed by atoms with van der Waals surface area (Å²) in [6, 6.07) is 13.4. The first-order chi connectivity index (χ1) is 13.0. The quantitative estimate of drug-likeness (QED) is 0.816. The third kappa shape index (κ3) is 3.87. The van der Waals surface area contributed by atoms with Crippen LogP contribution < -0.4 is 5.32 Å². The van der Waals surface area contributed by atoms with Crippen LogP contribution in [0.4, 0.5) is 10.1 Å². The van der Waals surface area contributed by atoms with Gasteiger partial charge in [0.05, 0.1) is 6.04 Å². The van der Waals surface area contributed by atoms with Crippen LogP contribution in [0.5, 0.6) is 0 Å². The first-order valence-corrected chi connectivity index (χ1v) is 9.52. The number of amides is 2. The molecule has 0 saturated heterocycles. The van der Waals surface area contributed by atoms with Gasteiger partial charge in [0, 0.05) is 28.8 Å². The molecule has 2 aliphatic carbocycles. The Morgan fingerprint density at radius 1 is 1.07 bits per heavy atom. The van der Waals surface area contributed by atoms with Crippen LogP contribution in [0.15, 0.2) is 48.5 Å². The standard InChI is InChI=1S/C22H23FN2O2/c1-14(19-7-2-3-8-20(19)23)25(18-11-12-18)22(27)16-5-4-6-17(13-16)24-21(26)15-9-10-15/h2-8,13-15,18H,9-12H2,1H3,(H,24,26). The Labute approximate surface area is 158 Å². The molecule has 5 heteroatoms. The highest BCUT2D eigenvalue weighted by Gasteiger charge is 2.37. The molecule has 0 bridgehead atoms. The molecule has 27 heavy (non-hydrogen) atoms. The van der Waals surface area contributed by atoms with Crippen molar-refractivity contribution in [2.45, 2.75) is 44.7 Å². The van der Waals surface area contributed by atoms with Gasteiger partial charge in [-0.15, -0.1) is 0 Å². The number of benzene rings is 2. The van der Waals surface area contributed by atoms with Crippen LogP contribution in [0.2, 0.25) is 0 Å². The zero-order valence-corrected chi connectivity index (χ0v) is 15.3. The molecule has 2 aromatic carbocycles. The highest BCUT2D eigenvalue weighted by atomic mass is 19.1. The van der Waals surface area contributed by atoms with Crippen molar-refractivity contribution in [1.29, 1.82) is 0 Å². The van der Waals surface area contributed by atoms with Crippen LogP contribution in [-0.4, -0.2) is 22.8 Å². The molecule has 2 amide bonds. The minimum absolute atomic E-state index is 0.0124. The number of carbonyl (C=O) groups excluding carboxylic acids is 2. The van der Waals surface area contributed by atoms with Crippen molar-refractivity contribution < 1.29 is 14.0 Å².